The summed E-state index contributed by atoms with van der Waals surface area (Å²) in [6.45, 7) is 29.4. The number of carbonyl (C=O) groups is 3. The molecule has 13 nitrogen and oxygen atoms in total. The first-order valence-electron chi connectivity index (χ1n) is 19.3. The Kier molecular flexibility index (Phi) is 30.8. The van der Waals surface area contributed by atoms with Crippen molar-refractivity contribution in [3.05, 3.63) is 260 Å². The molecule has 1 N–H and O–H groups in total. The molecule has 0 atom stereocenters. The number of halogens is 1. The van der Waals surface area contributed by atoms with Gasteiger partial charge in [-0.1, -0.05) is 121 Å². The normalized spacial score (nSPS) is 10.3. The van der Waals surface area contributed by atoms with E-state index in [1.54, 1.807) is 148 Å². The van der Waals surface area contributed by atoms with E-state index >= 15 is 0 Å². The zero-order valence-electron chi connectivity index (χ0n) is 38.8. The van der Waals surface area contributed by atoms with Crippen LogP contribution in [0.15, 0.2) is 181 Å². The van der Waals surface area contributed by atoms with Gasteiger partial charge in [-0.05, 0) is 94.5 Å². The van der Waals surface area contributed by atoms with Crippen LogP contribution in [0, 0.1) is 26.3 Å². The molecular weight excluding hydrogens is 950 g/mol. The fourth-order valence-corrected chi connectivity index (χ4v) is 5.32. The van der Waals surface area contributed by atoms with E-state index in [0.29, 0.717) is 16.9 Å². The summed E-state index contributed by atoms with van der Waals surface area (Å²) < 4.78 is 15.6. The van der Waals surface area contributed by atoms with Crippen LogP contribution in [-0.4, -0.2) is 37.0 Å². The van der Waals surface area contributed by atoms with Crippen molar-refractivity contribution in [2.24, 2.45) is 0 Å². The van der Waals surface area contributed by atoms with Crippen LogP contribution in [-0.2, 0) is 9.68 Å². The molecule has 0 aliphatic carbocycles. The van der Waals surface area contributed by atoms with Gasteiger partial charge < -0.3 is 30.9 Å². The average molecular weight is 990 g/mol. The third-order valence-corrected chi connectivity index (χ3v) is 8.70. The number of rotatable bonds is 12. The van der Waals surface area contributed by atoms with Gasteiger partial charge in [-0.2, -0.15) is 0 Å². The molecule has 0 saturated carbocycles. The van der Waals surface area contributed by atoms with Gasteiger partial charge in [0, 0.05) is 5.56 Å². The fraction of sp³-hybridized carbons (Fsp3) is 0.0377. The number of benzene rings is 6. The first kappa shape index (κ1) is 60.8. The number of phenolic OH excluding ortho intramolecular Hbond substituents is 1. The minimum absolute atomic E-state index is 0. The molecule has 0 radical (unpaired) electrons. The first-order valence-corrected chi connectivity index (χ1v) is 19.7. The topological polar surface area (TPSA) is 149 Å². The van der Waals surface area contributed by atoms with Crippen molar-refractivity contribution >= 4 is 53.6 Å². The molecule has 0 unspecified atom stereocenters. The minimum Gasteiger partial charge on any atom is -1.00 e. The summed E-state index contributed by atoms with van der Waals surface area (Å²) >= 11 is 5.16. The van der Waals surface area contributed by atoms with Crippen molar-refractivity contribution in [3.8, 4) is 23.0 Å². The Bertz CT molecular complexity index is 2870. The van der Waals surface area contributed by atoms with Crippen molar-refractivity contribution in [1.82, 2.24) is 0 Å². The predicted octanol–water partition coefficient (Wildman–Crippen LogP) is 5.38. The third kappa shape index (κ3) is 22.6. The van der Waals surface area contributed by atoms with Crippen LogP contribution in [0.4, 0.5) is 0 Å². The van der Waals surface area contributed by atoms with Crippen LogP contribution in [0.3, 0.4) is 0 Å². The molecule has 69 heavy (non-hydrogen) atoms. The summed E-state index contributed by atoms with van der Waals surface area (Å²) in [5, 5.41) is 17.3. The molecule has 0 heterocycles. The fourth-order valence-electron chi connectivity index (χ4n) is 5.20. The zero-order chi connectivity index (χ0) is 48.8. The molecule has 6 aromatic rings. The zero-order valence-corrected chi connectivity index (χ0v) is 44.8. The number of phenols is 1. The van der Waals surface area contributed by atoms with Crippen LogP contribution >= 0.6 is 11.6 Å². The number of esters is 1. The van der Waals surface area contributed by atoms with Gasteiger partial charge in [0.1, 0.15) is 23.0 Å². The monoisotopic (exact) mass is 988 g/mol. The number of methoxy groups -OCH3 is 2. The summed E-state index contributed by atoms with van der Waals surface area (Å²) in [5.74, 6) is 1.57. The standard InChI is InChI=1S/C26H18N2O3.C19H14N2O2.C7H5ClO.CH2O3.2K.H/c1-27-24(17-19-9-13-22(30-3)14-10-19)25(28-2)18-20-11-15-23(16-12-20)31-26(29)21-7-5-4-6-8-21;1-20-18(12-14-4-8-16(22)9-5-14)19(21-2)13-15-6-10-17(23-3)11-7-15;8-7(9)6-4-2-1-3-5-6;2-1-4-3;;;/h4-18H,3H3;4-13,22H,3H3;1-5H;1,3H;;;/q;;;;2*+1;-1/p-1/b24-17-,25-18-;18-12-,19-13-;;;;;. The largest absolute Gasteiger partial charge is 1.00 e. The van der Waals surface area contributed by atoms with E-state index in [0.717, 1.165) is 33.8 Å². The average Bonchev–Trinajstić information content (AvgIpc) is 3.38. The van der Waals surface area contributed by atoms with Crippen LogP contribution in [0.25, 0.3) is 43.7 Å². The molecule has 334 valence electrons. The molecule has 16 heteroatoms. The quantitative estimate of drug-likeness (QED) is 0.0197. The van der Waals surface area contributed by atoms with Crippen molar-refractivity contribution in [2.45, 2.75) is 0 Å². The van der Waals surface area contributed by atoms with Crippen LogP contribution in [0.2, 0.25) is 0 Å². The molecule has 0 bridgehead atoms. The summed E-state index contributed by atoms with van der Waals surface area (Å²) in [6, 6.07) is 45.2. The summed E-state index contributed by atoms with van der Waals surface area (Å²) in [7, 11) is 3.18. The second kappa shape index (κ2) is 35.0. The maximum Gasteiger partial charge on any atom is 1.00 e. The van der Waals surface area contributed by atoms with Crippen molar-refractivity contribution < 1.29 is 148 Å². The number of hydrogen-bond acceptors (Lipinski definition) is 9. The number of hydrogen-bond donors (Lipinski definition) is 1. The van der Waals surface area contributed by atoms with Gasteiger partial charge in [0.2, 0.25) is 0 Å². The number of nitrogens with zero attached hydrogens (tertiary/aromatic N) is 4. The molecule has 0 saturated heterocycles. The Morgan fingerprint density at radius 3 is 1.07 bits per heavy atom. The summed E-state index contributed by atoms with van der Waals surface area (Å²) in [4.78, 5) is 47.7. The Morgan fingerprint density at radius 2 is 0.812 bits per heavy atom. The smallest absolute Gasteiger partial charge is 1.00 e. The number of ether oxygens (including phenoxy) is 3. The van der Waals surface area contributed by atoms with E-state index in [2.05, 4.69) is 24.3 Å². The molecule has 6 aromatic carbocycles. The van der Waals surface area contributed by atoms with E-state index in [9.17, 15) is 14.7 Å². The maximum atomic E-state index is 12.1. The minimum atomic E-state index is -0.441. The summed E-state index contributed by atoms with van der Waals surface area (Å²) in [6.07, 6.45) is 6.58. The first-order chi connectivity index (χ1) is 32.5. The van der Waals surface area contributed by atoms with Crippen LogP contribution < -0.4 is 122 Å². The van der Waals surface area contributed by atoms with Gasteiger partial charge in [-0.25, -0.2) is 4.79 Å². The Hall–Kier alpha value is -6.23. The van der Waals surface area contributed by atoms with Crippen molar-refractivity contribution in [3.63, 3.8) is 0 Å². The number of aromatic hydroxyl groups is 1. The molecule has 0 spiro atoms. The molecule has 6 rings (SSSR count). The SMILES string of the molecule is O=C(Cl)c1ccccc1.O=CO[O-].[C-]#[N+]C(=C\c1ccc(O)cc1)/C(=C/c1ccc(OC)cc1)[N+]#[C-].[C-]#[N+]C(=C\c1ccc(OC)cc1)/C(=C/c1ccc(OC(=O)c2ccccc2)cc1)[N+]#[C-].[H-].[K+].[K+]. The Balaban J connectivity index is 0.00000107. The van der Waals surface area contributed by atoms with E-state index in [-0.39, 0.29) is 139 Å². The Morgan fingerprint density at radius 1 is 0.522 bits per heavy atom. The second-order valence-corrected chi connectivity index (χ2v) is 13.2. The van der Waals surface area contributed by atoms with Crippen LogP contribution in [0.1, 0.15) is 44.4 Å². The third-order valence-electron chi connectivity index (χ3n) is 8.49. The van der Waals surface area contributed by atoms with Gasteiger partial charge in [0.15, 0.2) is 22.8 Å². The van der Waals surface area contributed by atoms with E-state index < -0.39 is 11.2 Å². The van der Waals surface area contributed by atoms with Crippen molar-refractivity contribution in [1.29, 1.82) is 0 Å². The molecule has 0 aliphatic rings. The van der Waals surface area contributed by atoms with Gasteiger partial charge in [-0.15, -0.1) is 0 Å². The molecule has 0 fully saturated rings. The van der Waals surface area contributed by atoms with Gasteiger partial charge >= 0.3 is 109 Å². The van der Waals surface area contributed by atoms with Crippen LogP contribution in [0.5, 0.6) is 23.0 Å². The molecule has 0 amide bonds. The second-order valence-electron chi connectivity index (χ2n) is 12.9. The molecule has 0 aliphatic heterocycles. The van der Waals surface area contributed by atoms with Crippen molar-refractivity contribution in [2.75, 3.05) is 14.2 Å². The summed E-state index contributed by atoms with van der Waals surface area (Å²) in [5.41, 5.74) is 5.06. The van der Waals surface area contributed by atoms with E-state index in [1.807, 2.05) is 36.4 Å². The van der Waals surface area contributed by atoms with E-state index in [4.69, 9.17) is 62.2 Å². The number of carbonyl (C=O) groups excluding carboxylic acids is 3. The van der Waals surface area contributed by atoms with Gasteiger partial charge in [-0.3, -0.25) is 29.0 Å². The van der Waals surface area contributed by atoms with Gasteiger partial charge in [0.05, 0.1) is 46.1 Å². The van der Waals surface area contributed by atoms with E-state index in [1.165, 1.54) is 12.1 Å². The molecular formula is C53H39ClK2N4O9. The van der Waals surface area contributed by atoms with Gasteiger partial charge in [0.25, 0.3) is 11.7 Å². The predicted molar refractivity (Wildman–Crippen MR) is 255 cm³/mol. The maximum absolute atomic E-state index is 12.1. The molecule has 0 aromatic heterocycles. The Labute approximate surface area is 492 Å².